The zero-order chi connectivity index (χ0) is 23.4. The number of anilines is 1. The molecule has 0 bridgehead atoms. The molecule has 3 fully saturated rings. The Hall–Kier alpha value is -2.90. The molecular weight excluding hydrogens is 420 g/mol. The van der Waals surface area contributed by atoms with E-state index in [0.717, 1.165) is 37.8 Å². The first-order chi connectivity index (χ1) is 16.0. The lowest BCUT2D eigenvalue weighted by atomic mass is 10.1. The van der Waals surface area contributed by atoms with Crippen LogP contribution in [0, 0.1) is 5.92 Å². The quantitative estimate of drug-likeness (QED) is 0.634. The molecule has 0 aliphatic carbocycles. The fraction of sp³-hybridized carbons (Fsp3) is 0.600. The molecule has 4 amide bonds. The standard InChI is InChI=1S/C25H34N4O4/c1-2-3-6-19-7-9-21(10-8-19)29-18-20(17-22(29)30)23(31)27-13-15-28(16-14-27)25(33)24(32)26-11-4-5-12-26/h7-10,20H,2-6,11-18H2,1H3. The molecule has 8 heteroatoms. The van der Waals surface area contributed by atoms with Gasteiger partial charge in [0.25, 0.3) is 0 Å². The Labute approximate surface area is 195 Å². The molecular formula is C25H34N4O4. The van der Waals surface area contributed by atoms with E-state index >= 15 is 0 Å². The van der Waals surface area contributed by atoms with E-state index < -0.39 is 11.8 Å². The fourth-order valence-corrected chi connectivity index (χ4v) is 4.92. The van der Waals surface area contributed by atoms with Crippen LogP contribution < -0.4 is 4.90 Å². The average molecular weight is 455 g/mol. The summed E-state index contributed by atoms with van der Waals surface area (Å²) < 4.78 is 0. The van der Waals surface area contributed by atoms with Gasteiger partial charge in [0.05, 0.1) is 5.92 Å². The van der Waals surface area contributed by atoms with E-state index in [1.807, 2.05) is 12.1 Å². The molecule has 3 aliphatic rings. The first-order valence-corrected chi connectivity index (χ1v) is 12.2. The molecule has 8 nitrogen and oxygen atoms in total. The highest BCUT2D eigenvalue weighted by Crippen LogP contribution is 2.27. The van der Waals surface area contributed by atoms with Gasteiger partial charge in [-0.1, -0.05) is 25.5 Å². The molecule has 0 N–H and O–H groups in total. The van der Waals surface area contributed by atoms with Gasteiger partial charge in [-0.2, -0.15) is 0 Å². The van der Waals surface area contributed by atoms with Crippen molar-refractivity contribution in [1.29, 1.82) is 0 Å². The number of amides is 4. The second kappa shape index (κ2) is 10.4. The van der Waals surface area contributed by atoms with Gasteiger partial charge in [0, 0.05) is 57.9 Å². The molecule has 178 valence electrons. The summed E-state index contributed by atoms with van der Waals surface area (Å²) in [5, 5.41) is 0. The first-order valence-electron chi connectivity index (χ1n) is 12.2. The Balaban J connectivity index is 1.29. The van der Waals surface area contributed by atoms with Gasteiger partial charge in [-0.15, -0.1) is 0 Å². The van der Waals surface area contributed by atoms with Gasteiger partial charge < -0.3 is 19.6 Å². The van der Waals surface area contributed by atoms with E-state index in [1.165, 1.54) is 5.56 Å². The predicted molar refractivity (Wildman–Crippen MR) is 124 cm³/mol. The number of benzene rings is 1. The number of nitrogens with zero attached hydrogens (tertiary/aromatic N) is 4. The number of rotatable bonds is 5. The topological polar surface area (TPSA) is 81.2 Å². The van der Waals surface area contributed by atoms with Crippen molar-refractivity contribution in [1.82, 2.24) is 14.7 Å². The van der Waals surface area contributed by atoms with E-state index in [-0.39, 0.29) is 24.2 Å². The zero-order valence-corrected chi connectivity index (χ0v) is 19.5. The van der Waals surface area contributed by atoms with Crippen LogP contribution in [-0.2, 0) is 25.6 Å². The van der Waals surface area contributed by atoms with Crippen LogP contribution >= 0.6 is 0 Å². The highest BCUT2D eigenvalue weighted by atomic mass is 16.2. The normalized spacial score (nSPS) is 21.1. The molecule has 0 aromatic heterocycles. The lowest BCUT2D eigenvalue weighted by Gasteiger charge is -2.36. The van der Waals surface area contributed by atoms with Crippen LogP contribution in [0.5, 0.6) is 0 Å². The lowest BCUT2D eigenvalue weighted by Crippen LogP contribution is -2.55. The maximum Gasteiger partial charge on any atom is 0.312 e. The van der Waals surface area contributed by atoms with E-state index in [9.17, 15) is 19.2 Å². The molecule has 4 rings (SSSR count). The summed E-state index contributed by atoms with van der Waals surface area (Å²) in [5.74, 6) is -1.33. The van der Waals surface area contributed by atoms with E-state index in [1.54, 1.807) is 19.6 Å². The van der Waals surface area contributed by atoms with Crippen molar-refractivity contribution in [3.63, 3.8) is 0 Å². The highest BCUT2D eigenvalue weighted by Gasteiger charge is 2.39. The fourth-order valence-electron chi connectivity index (χ4n) is 4.92. The van der Waals surface area contributed by atoms with Crippen molar-refractivity contribution in [3.05, 3.63) is 29.8 Å². The Bertz CT molecular complexity index is 886. The van der Waals surface area contributed by atoms with Gasteiger partial charge in [0.1, 0.15) is 0 Å². The van der Waals surface area contributed by atoms with Gasteiger partial charge >= 0.3 is 11.8 Å². The van der Waals surface area contributed by atoms with Gasteiger partial charge in [-0.3, -0.25) is 19.2 Å². The molecule has 0 radical (unpaired) electrons. The summed E-state index contributed by atoms with van der Waals surface area (Å²) in [6.07, 6.45) is 5.42. The number of aryl methyl sites for hydroxylation is 1. The van der Waals surface area contributed by atoms with Gasteiger partial charge in [0.15, 0.2) is 0 Å². The van der Waals surface area contributed by atoms with Crippen molar-refractivity contribution in [2.45, 2.75) is 45.4 Å². The highest BCUT2D eigenvalue weighted by molar-refractivity contribution is 6.35. The van der Waals surface area contributed by atoms with Crippen LogP contribution in [-0.4, -0.2) is 84.1 Å². The Morgan fingerprint density at radius 3 is 2.03 bits per heavy atom. The summed E-state index contributed by atoms with van der Waals surface area (Å²) in [4.78, 5) is 57.2. The minimum absolute atomic E-state index is 0.0281. The van der Waals surface area contributed by atoms with Crippen molar-refractivity contribution in [3.8, 4) is 0 Å². The SMILES string of the molecule is CCCCc1ccc(N2CC(C(=O)N3CCN(C(=O)C(=O)N4CCCC4)CC3)CC2=O)cc1. The van der Waals surface area contributed by atoms with Crippen molar-refractivity contribution in [2.24, 2.45) is 5.92 Å². The minimum Gasteiger partial charge on any atom is -0.339 e. The first kappa shape index (κ1) is 23.3. The van der Waals surface area contributed by atoms with Crippen LogP contribution in [0.15, 0.2) is 24.3 Å². The monoisotopic (exact) mass is 454 g/mol. The molecule has 0 saturated carbocycles. The van der Waals surface area contributed by atoms with E-state index in [2.05, 4.69) is 19.1 Å². The summed E-state index contributed by atoms with van der Waals surface area (Å²) >= 11 is 0. The zero-order valence-electron chi connectivity index (χ0n) is 19.5. The van der Waals surface area contributed by atoms with Crippen LogP contribution in [0.1, 0.15) is 44.6 Å². The maximum atomic E-state index is 13.1. The summed E-state index contributed by atoms with van der Waals surface area (Å²) in [5.41, 5.74) is 2.10. The van der Waals surface area contributed by atoms with Crippen LogP contribution in [0.2, 0.25) is 0 Å². The number of carbonyl (C=O) groups is 4. The molecule has 3 aliphatic heterocycles. The lowest BCUT2D eigenvalue weighted by molar-refractivity contribution is -0.153. The minimum atomic E-state index is -0.464. The molecule has 3 heterocycles. The average Bonchev–Trinajstić information content (AvgIpc) is 3.52. The smallest absolute Gasteiger partial charge is 0.312 e. The number of hydrogen-bond donors (Lipinski definition) is 0. The third-order valence-corrected chi connectivity index (χ3v) is 7.00. The number of likely N-dealkylation sites (tertiary alicyclic amines) is 1. The van der Waals surface area contributed by atoms with E-state index in [4.69, 9.17) is 0 Å². The Morgan fingerprint density at radius 2 is 1.42 bits per heavy atom. The van der Waals surface area contributed by atoms with Crippen molar-refractivity contribution < 1.29 is 19.2 Å². The number of carbonyl (C=O) groups excluding carboxylic acids is 4. The second-order valence-electron chi connectivity index (χ2n) is 9.29. The largest absolute Gasteiger partial charge is 0.339 e. The predicted octanol–water partition coefficient (Wildman–Crippen LogP) is 1.68. The molecule has 3 saturated heterocycles. The summed E-state index contributed by atoms with van der Waals surface area (Å²) in [7, 11) is 0. The van der Waals surface area contributed by atoms with Crippen molar-refractivity contribution in [2.75, 3.05) is 50.7 Å². The maximum absolute atomic E-state index is 13.1. The molecule has 1 aromatic carbocycles. The van der Waals surface area contributed by atoms with Crippen LogP contribution in [0.4, 0.5) is 5.69 Å². The third kappa shape index (κ3) is 5.20. The van der Waals surface area contributed by atoms with E-state index in [0.29, 0.717) is 45.8 Å². The van der Waals surface area contributed by atoms with Gasteiger partial charge in [0.2, 0.25) is 11.8 Å². The van der Waals surface area contributed by atoms with Crippen molar-refractivity contribution >= 4 is 29.3 Å². The number of piperazine rings is 1. The number of unbranched alkanes of at least 4 members (excludes halogenated alkanes) is 1. The molecule has 1 aromatic rings. The Morgan fingerprint density at radius 1 is 0.848 bits per heavy atom. The third-order valence-electron chi connectivity index (χ3n) is 7.00. The van der Waals surface area contributed by atoms with Gasteiger partial charge in [-0.25, -0.2) is 0 Å². The molecule has 1 unspecified atom stereocenters. The molecule has 33 heavy (non-hydrogen) atoms. The van der Waals surface area contributed by atoms with Gasteiger partial charge in [-0.05, 0) is 43.4 Å². The van der Waals surface area contributed by atoms with Crippen LogP contribution in [0.25, 0.3) is 0 Å². The molecule has 1 atom stereocenters. The second-order valence-corrected chi connectivity index (χ2v) is 9.29. The number of hydrogen-bond acceptors (Lipinski definition) is 4. The summed E-state index contributed by atoms with van der Waals surface area (Å²) in [6, 6.07) is 8.06. The van der Waals surface area contributed by atoms with Crippen LogP contribution in [0.3, 0.4) is 0 Å². The Kier molecular flexibility index (Phi) is 7.30. The molecule has 0 spiro atoms. The summed E-state index contributed by atoms with van der Waals surface area (Å²) in [6.45, 7) is 5.36.